The van der Waals surface area contributed by atoms with E-state index in [0.717, 1.165) is 11.1 Å². The van der Waals surface area contributed by atoms with Gasteiger partial charge in [0.15, 0.2) is 6.10 Å². The monoisotopic (exact) mass is 387 g/mol. The highest BCUT2D eigenvalue weighted by atomic mass is 16.6. The average molecular weight is 387 g/mol. The molecular formula is C21H25NO6. The Balaban J connectivity index is 2.02. The Bertz CT molecular complexity index is 788. The van der Waals surface area contributed by atoms with Crippen LogP contribution in [0.4, 0.5) is 0 Å². The number of aliphatic carboxylic acids is 1. The minimum absolute atomic E-state index is 0.205. The Morgan fingerprint density at radius 1 is 1.11 bits per heavy atom. The molecular weight excluding hydrogens is 362 g/mol. The molecule has 0 aliphatic rings. The summed E-state index contributed by atoms with van der Waals surface area (Å²) in [5.41, 5.74) is 2.30. The second-order valence-electron chi connectivity index (χ2n) is 5.87. The second-order valence-corrected chi connectivity index (χ2v) is 5.87. The van der Waals surface area contributed by atoms with E-state index in [1.54, 1.807) is 26.2 Å². The van der Waals surface area contributed by atoms with Crippen molar-refractivity contribution >= 4 is 11.7 Å². The molecule has 1 atom stereocenters. The van der Waals surface area contributed by atoms with Crippen LogP contribution in [0.3, 0.4) is 0 Å². The molecule has 0 bridgehead atoms. The second kappa shape index (κ2) is 10.9. The van der Waals surface area contributed by atoms with E-state index in [0.29, 0.717) is 30.2 Å². The van der Waals surface area contributed by atoms with Crippen LogP contribution in [-0.4, -0.2) is 50.3 Å². The van der Waals surface area contributed by atoms with Crippen LogP contribution in [0.15, 0.2) is 53.7 Å². The SMILES string of the molecule is CCOC(Cc1ccc(OC/C(=N/OC)c2cccc(OC)c2)cc1)C(=O)O. The van der Waals surface area contributed by atoms with Crippen molar-refractivity contribution < 1.29 is 28.9 Å². The molecule has 28 heavy (non-hydrogen) atoms. The van der Waals surface area contributed by atoms with Gasteiger partial charge >= 0.3 is 5.97 Å². The molecule has 7 heteroatoms. The van der Waals surface area contributed by atoms with Crippen LogP contribution in [0.25, 0.3) is 0 Å². The summed E-state index contributed by atoms with van der Waals surface area (Å²) in [6, 6.07) is 14.7. The van der Waals surface area contributed by atoms with E-state index in [2.05, 4.69) is 5.16 Å². The number of carboxylic acids is 1. The highest BCUT2D eigenvalue weighted by Crippen LogP contribution is 2.17. The first-order chi connectivity index (χ1) is 13.6. The van der Waals surface area contributed by atoms with Crippen molar-refractivity contribution in [3.05, 3.63) is 59.7 Å². The van der Waals surface area contributed by atoms with Crippen molar-refractivity contribution in [1.29, 1.82) is 0 Å². The lowest BCUT2D eigenvalue weighted by atomic mass is 10.1. The van der Waals surface area contributed by atoms with Crippen molar-refractivity contribution in [3.63, 3.8) is 0 Å². The summed E-state index contributed by atoms with van der Waals surface area (Å²) in [6.07, 6.45) is -0.561. The molecule has 0 amide bonds. The van der Waals surface area contributed by atoms with E-state index in [1.807, 2.05) is 36.4 Å². The van der Waals surface area contributed by atoms with Crippen molar-refractivity contribution in [2.75, 3.05) is 27.4 Å². The third kappa shape index (κ3) is 6.28. The molecule has 2 aromatic rings. The molecule has 0 saturated heterocycles. The first-order valence-corrected chi connectivity index (χ1v) is 8.88. The maximum absolute atomic E-state index is 11.2. The predicted octanol–water partition coefficient (Wildman–Crippen LogP) is 3.16. The molecule has 0 saturated carbocycles. The number of hydrogen-bond acceptors (Lipinski definition) is 6. The van der Waals surface area contributed by atoms with E-state index >= 15 is 0 Å². The minimum atomic E-state index is -0.971. The first kappa shape index (κ1) is 21.2. The quantitative estimate of drug-likeness (QED) is 0.471. The molecule has 0 spiro atoms. The molecule has 0 fully saturated rings. The lowest BCUT2D eigenvalue weighted by molar-refractivity contribution is -0.149. The Kier molecular flexibility index (Phi) is 8.30. The normalized spacial score (nSPS) is 12.3. The maximum atomic E-state index is 11.2. The molecule has 0 aliphatic heterocycles. The van der Waals surface area contributed by atoms with Gasteiger partial charge in [-0.05, 0) is 36.8 Å². The Labute approximate surface area is 164 Å². The van der Waals surface area contributed by atoms with Crippen LogP contribution in [0.1, 0.15) is 18.1 Å². The van der Waals surface area contributed by atoms with Crippen LogP contribution in [0.5, 0.6) is 11.5 Å². The molecule has 150 valence electrons. The van der Waals surface area contributed by atoms with E-state index in [9.17, 15) is 9.90 Å². The van der Waals surface area contributed by atoms with Crippen LogP contribution >= 0.6 is 0 Å². The van der Waals surface area contributed by atoms with Crippen molar-refractivity contribution in [2.24, 2.45) is 5.16 Å². The van der Waals surface area contributed by atoms with E-state index in [-0.39, 0.29) is 6.61 Å². The molecule has 2 aromatic carbocycles. The number of ether oxygens (including phenoxy) is 3. The van der Waals surface area contributed by atoms with Gasteiger partial charge in [-0.2, -0.15) is 0 Å². The molecule has 0 aromatic heterocycles. The van der Waals surface area contributed by atoms with Gasteiger partial charge in [0.2, 0.25) is 0 Å². The van der Waals surface area contributed by atoms with Gasteiger partial charge in [0.1, 0.15) is 30.9 Å². The number of oxime groups is 1. The van der Waals surface area contributed by atoms with Crippen LogP contribution in [0.2, 0.25) is 0 Å². The molecule has 1 N–H and O–H groups in total. The lowest BCUT2D eigenvalue weighted by Crippen LogP contribution is -2.26. The Morgan fingerprint density at radius 3 is 2.46 bits per heavy atom. The van der Waals surface area contributed by atoms with E-state index < -0.39 is 12.1 Å². The molecule has 1 unspecified atom stereocenters. The van der Waals surface area contributed by atoms with Gasteiger partial charge in [-0.25, -0.2) is 4.79 Å². The summed E-state index contributed by atoms with van der Waals surface area (Å²) in [5.74, 6) is 0.382. The summed E-state index contributed by atoms with van der Waals surface area (Å²) in [6.45, 7) is 2.33. The third-order valence-electron chi connectivity index (χ3n) is 3.97. The number of methoxy groups -OCH3 is 1. The fraction of sp³-hybridized carbons (Fsp3) is 0.333. The van der Waals surface area contributed by atoms with Crippen molar-refractivity contribution in [3.8, 4) is 11.5 Å². The third-order valence-corrected chi connectivity index (χ3v) is 3.97. The standard InChI is InChI=1S/C21H25NO6/c1-4-27-20(21(23)24)12-15-8-10-17(11-9-15)28-14-19(22-26-3)16-6-5-7-18(13-16)25-2/h5-11,13,20H,4,12,14H2,1-3H3,(H,23,24)/b22-19-. The van der Waals surface area contributed by atoms with E-state index in [1.165, 1.54) is 7.11 Å². The zero-order chi connectivity index (χ0) is 20.4. The molecule has 2 rings (SSSR count). The van der Waals surface area contributed by atoms with Gasteiger partial charge in [0.25, 0.3) is 0 Å². The lowest BCUT2D eigenvalue weighted by Gasteiger charge is -2.13. The fourth-order valence-electron chi connectivity index (χ4n) is 2.58. The largest absolute Gasteiger partial charge is 0.497 e. The number of carboxylic acid groups (broad SMARTS) is 1. The highest BCUT2D eigenvalue weighted by molar-refractivity contribution is 6.01. The zero-order valence-corrected chi connectivity index (χ0v) is 16.3. The van der Waals surface area contributed by atoms with Gasteiger partial charge < -0.3 is 24.2 Å². The van der Waals surface area contributed by atoms with E-state index in [4.69, 9.17) is 19.0 Å². The molecule has 7 nitrogen and oxygen atoms in total. The summed E-state index contributed by atoms with van der Waals surface area (Å²) in [7, 11) is 3.08. The smallest absolute Gasteiger partial charge is 0.333 e. The fourth-order valence-corrected chi connectivity index (χ4v) is 2.58. The number of hydrogen-bond donors (Lipinski definition) is 1. The topological polar surface area (TPSA) is 86.6 Å². The predicted molar refractivity (Wildman–Crippen MR) is 105 cm³/mol. The molecule has 0 aliphatic carbocycles. The number of carbonyl (C=O) groups is 1. The number of benzene rings is 2. The van der Waals surface area contributed by atoms with Crippen LogP contribution < -0.4 is 9.47 Å². The van der Waals surface area contributed by atoms with Crippen LogP contribution in [-0.2, 0) is 20.8 Å². The van der Waals surface area contributed by atoms with Gasteiger partial charge in [0.05, 0.1) is 7.11 Å². The van der Waals surface area contributed by atoms with Crippen LogP contribution in [0, 0.1) is 0 Å². The van der Waals surface area contributed by atoms with Gasteiger partial charge in [0, 0.05) is 18.6 Å². The Hall–Kier alpha value is -3.06. The molecule has 0 heterocycles. The summed E-state index contributed by atoms with van der Waals surface area (Å²) in [5, 5.41) is 13.2. The summed E-state index contributed by atoms with van der Waals surface area (Å²) in [4.78, 5) is 16.1. The summed E-state index contributed by atoms with van der Waals surface area (Å²) < 4.78 is 16.3. The molecule has 0 radical (unpaired) electrons. The maximum Gasteiger partial charge on any atom is 0.333 e. The summed E-state index contributed by atoms with van der Waals surface area (Å²) >= 11 is 0. The number of rotatable bonds is 11. The zero-order valence-electron chi connectivity index (χ0n) is 16.3. The Morgan fingerprint density at radius 2 is 1.86 bits per heavy atom. The highest BCUT2D eigenvalue weighted by Gasteiger charge is 2.17. The van der Waals surface area contributed by atoms with Crippen molar-refractivity contribution in [2.45, 2.75) is 19.4 Å². The van der Waals surface area contributed by atoms with Gasteiger partial charge in [-0.15, -0.1) is 0 Å². The first-order valence-electron chi connectivity index (χ1n) is 8.88. The van der Waals surface area contributed by atoms with Crippen molar-refractivity contribution in [1.82, 2.24) is 0 Å². The minimum Gasteiger partial charge on any atom is -0.497 e. The van der Waals surface area contributed by atoms with Gasteiger partial charge in [-0.1, -0.05) is 29.4 Å². The number of nitrogens with zero attached hydrogens (tertiary/aromatic N) is 1. The van der Waals surface area contributed by atoms with Gasteiger partial charge in [-0.3, -0.25) is 0 Å². The average Bonchev–Trinajstić information content (AvgIpc) is 2.71.